The van der Waals surface area contributed by atoms with Crippen molar-refractivity contribution < 1.29 is 9.53 Å². The number of nitrogens with zero attached hydrogens (tertiary/aromatic N) is 1. The average Bonchev–Trinajstić information content (AvgIpc) is 3.14. The topological polar surface area (TPSA) is 51.2 Å². The molecule has 0 bridgehead atoms. The molecule has 0 saturated carbocycles. The molecule has 0 aliphatic heterocycles. The Hall–Kier alpha value is -2.37. The number of amides is 1. The maximum atomic E-state index is 12.5. The molecular weight excluding hydrogens is 380 g/mol. The first kappa shape index (κ1) is 19.4. The molecule has 0 radical (unpaired) electrons. The number of nitrogens with one attached hydrogen (secondary N) is 1. The number of ether oxygens (including phenoxy) is 1. The molecule has 1 aromatic heterocycles. The Bertz CT molecular complexity index is 909. The van der Waals surface area contributed by atoms with Crippen molar-refractivity contribution in [3.05, 3.63) is 70.2 Å². The number of halogens is 1. The van der Waals surface area contributed by atoms with Crippen molar-refractivity contribution in [2.45, 2.75) is 25.8 Å². The molecule has 4 nitrogen and oxygen atoms in total. The summed E-state index contributed by atoms with van der Waals surface area (Å²) in [6.07, 6.45) is 1.05. The molecule has 27 heavy (non-hydrogen) atoms. The second-order valence-corrected chi connectivity index (χ2v) is 7.37. The number of carbonyl (C=O) groups is 1. The molecule has 0 aliphatic carbocycles. The normalized spacial score (nSPS) is 11.8. The summed E-state index contributed by atoms with van der Waals surface area (Å²) in [7, 11) is 1.64. The van der Waals surface area contributed by atoms with Gasteiger partial charge in [0.15, 0.2) is 0 Å². The predicted molar refractivity (Wildman–Crippen MR) is 110 cm³/mol. The van der Waals surface area contributed by atoms with E-state index < -0.39 is 0 Å². The quantitative estimate of drug-likeness (QED) is 0.586. The lowest BCUT2D eigenvalue weighted by Crippen LogP contribution is -2.29. The summed E-state index contributed by atoms with van der Waals surface area (Å²) in [5.74, 6) is 0.753. The van der Waals surface area contributed by atoms with Gasteiger partial charge in [0.1, 0.15) is 10.8 Å². The van der Waals surface area contributed by atoms with Crippen molar-refractivity contribution in [3.63, 3.8) is 0 Å². The molecule has 0 saturated heterocycles. The molecule has 1 amide bonds. The summed E-state index contributed by atoms with van der Waals surface area (Å²) >= 11 is 7.72. The molecule has 0 aliphatic rings. The first-order valence-electron chi connectivity index (χ1n) is 8.73. The van der Waals surface area contributed by atoms with Gasteiger partial charge in [0, 0.05) is 10.9 Å². The van der Waals surface area contributed by atoms with Gasteiger partial charge in [0.25, 0.3) is 0 Å². The van der Waals surface area contributed by atoms with Crippen LogP contribution in [0.4, 0.5) is 0 Å². The minimum Gasteiger partial charge on any atom is -0.497 e. The summed E-state index contributed by atoms with van der Waals surface area (Å²) in [6.45, 7) is 2.05. The molecule has 3 aromatic rings. The SMILES string of the molecule is CCC(NC(=O)Cc1csc(-c2ccccc2Cl)n1)c1ccc(OC)cc1. The van der Waals surface area contributed by atoms with Crippen molar-refractivity contribution in [1.29, 1.82) is 0 Å². The van der Waals surface area contributed by atoms with E-state index in [4.69, 9.17) is 16.3 Å². The first-order valence-corrected chi connectivity index (χ1v) is 9.99. The minimum atomic E-state index is -0.0475. The molecule has 6 heteroatoms. The Kier molecular flexibility index (Phi) is 6.48. The highest BCUT2D eigenvalue weighted by atomic mass is 35.5. The third kappa shape index (κ3) is 4.87. The lowest BCUT2D eigenvalue weighted by Gasteiger charge is -2.17. The number of hydrogen-bond acceptors (Lipinski definition) is 4. The van der Waals surface area contributed by atoms with Crippen molar-refractivity contribution in [3.8, 4) is 16.3 Å². The molecule has 2 aromatic carbocycles. The second kappa shape index (κ2) is 9.02. The fourth-order valence-corrected chi connectivity index (χ4v) is 3.95. The summed E-state index contributed by atoms with van der Waals surface area (Å²) in [4.78, 5) is 17.1. The van der Waals surface area contributed by atoms with Crippen LogP contribution in [0.1, 0.15) is 30.6 Å². The predicted octanol–water partition coefficient (Wildman–Crippen LogP) is 5.28. The van der Waals surface area contributed by atoms with Gasteiger partial charge in [-0.3, -0.25) is 4.79 Å². The van der Waals surface area contributed by atoms with E-state index in [1.165, 1.54) is 11.3 Å². The maximum absolute atomic E-state index is 12.5. The largest absolute Gasteiger partial charge is 0.497 e. The summed E-state index contributed by atoms with van der Waals surface area (Å²) in [6, 6.07) is 15.3. The smallest absolute Gasteiger partial charge is 0.226 e. The number of hydrogen-bond donors (Lipinski definition) is 1. The number of rotatable bonds is 7. The monoisotopic (exact) mass is 400 g/mol. The van der Waals surface area contributed by atoms with E-state index in [1.54, 1.807) is 7.11 Å². The van der Waals surface area contributed by atoms with Crippen LogP contribution >= 0.6 is 22.9 Å². The Morgan fingerprint density at radius 1 is 1.22 bits per heavy atom. The van der Waals surface area contributed by atoms with E-state index >= 15 is 0 Å². The Labute approximate surface area is 168 Å². The minimum absolute atomic E-state index is 0.0370. The van der Waals surface area contributed by atoms with Gasteiger partial charge in [-0.1, -0.05) is 48.9 Å². The Balaban J connectivity index is 1.65. The van der Waals surface area contributed by atoms with Crippen LogP contribution in [0.25, 0.3) is 10.6 Å². The molecule has 1 atom stereocenters. The highest BCUT2D eigenvalue weighted by Crippen LogP contribution is 2.30. The third-order valence-electron chi connectivity index (χ3n) is 4.26. The van der Waals surface area contributed by atoms with E-state index in [1.807, 2.05) is 60.8 Å². The second-order valence-electron chi connectivity index (χ2n) is 6.10. The van der Waals surface area contributed by atoms with Gasteiger partial charge in [0.05, 0.1) is 30.3 Å². The summed E-state index contributed by atoms with van der Waals surface area (Å²) in [5.41, 5.74) is 2.69. The number of aromatic nitrogens is 1. The third-order valence-corrected chi connectivity index (χ3v) is 5.51. The average molecular weight is 401 g/mol. The van der Waals surface area contributed by atoms with Crippen LogP contribution in [-0.4, -0.2) is 18.0 Å². The van der Waals surface area contributed by atoms with Crippen LogP contribution in [0.3, 0.4) is 0 Å². The molecule has 1 N–H and O–H groups in total. The first-order chi connectivity index (χ1) is 13.1. The van der Waals surface area contributed by atoms with Gasteiger partial charge >= 0.3 is 0 Å². The van der Waals surface area contributed by atoms with Crippen molar-refractivity contribution in [1.82, 2.24) is 10.3 Å². The zero-order valence-electron chi connectivity index (χ0n) is 15.2. The van der Waals surface area contributed by atoms with Crippen molar-refractivity contribution in [2.75, 3.05) is 7.11 Å². The van der Waals surface area contributed by atoms with Gasteiger partial charge in [-0.2, -0.15) is 0 Å². The Morgan fingerprint density at radius 3 is 2.63 bits per heavy atom. The van der Waals surface area contributed by atoms with E-state index in [-0.39, 0.29) is 18.4 Å². The number of carbonyl (C=O) groups excluding carboxylic acids is 1. The lowest BCUT2D eigenvalue weighted by molar-refractivity contribution is -0.121. The van der Waals surface area contributed by atoms with Gasteiger partial charge in [-0.25, -0.2) is 4.98 Å². The molecule has 0 fully saturated rings. The Morgan fingerprint density at radius 2 is 1.96 bits per heavy atom. The molecule has 3 rings (SSSR count). The van der Waals surface area contributed by atoms with E-state index in [9.17, 15) is 4.79 Å². The number of methoxy groups -OCH3 is 1. The van der Waals surface area contributed by atoms with Crippen molar-refractivity contribution in [2.24, 2.45) is 0 Å². The summed E-state index contributed by atoms with van der Waals surface area (Å²) < 4.78 is 5.19. The molecule has 0 spiro atoms. The summed E-state index contributed by atoms with van der Waals surface area (Å²) in [5, 5.41) is 6.48. The van der Waals surface area contributed by atoms with Crippen LogP contribution in [0.15, 0.2) is 53.9 Å². The zero-order valence-corrected chi connectivity index (χ0v) is 16.8. The van der Waals surface area contributed by atoms with Gasteiger partial charge in [-0.15, -0.1) is 11.3 Å². The van der Waals surface area contributed by atoms with Crippen molar-refractivity contribution >= 4 is 28.8 Å². The standard InChI is InChI=1S/C21H21ClN2O2S/c1-3-19(14-8-10-16(26-2)11-9-14)24-20(25)12-15-13-27-21(23-15)17-6-4-5-7-18(17)22/h4-11,13,19H,3,12H2,1-2H3,(H,24,25). The van der Waals surface area contributed by atoms with E-state index in [0.29, 0.717) is 5.02 Å². The van der Waals surface area contributed by atoms with Gasteiger partial charge in [0.2, 0.25) is 5.91 Å². The fourth-order valence-electron chi connectivity index (χ4n) is 2.81. The lowest BCUT2D eigenvalue weighted by atomic mass is 10.0. The molecular formula is C21H21ClN2O2S. The molecule has 1 heterocycles. The highest BCUT2D eigenvalue weighted by molar-refractivity contribution is 7.13. The maximum Gasteiger partial charge on any atom is 0.226 e. The van der Waals surface area contributed by atoms with E-state index in [0.717, 1.165) is 34.0 Å². The zero-order chi connectivity index (χ0) is 19.2. The molecule has 1 unspecified atom stereocenters. The van der Waals surface area contributed by atoms with E-state index in [2.05, 4.69) is 10.3 Å². The molecule has 140 valence electrons. The van der Waals surface area contributed by atoms with Crippen LogP contribution in [0.5, 0.6) is 5.75 Å². The van der Waals surface area contributed by atoms with Crippen LogP contribution in [0.2, 0.25) is 5.02 Å². The van der Waals surface area contributed by atoms with Gasteiger partial charge < -0.3 is 10.1 Å². The number of benzene rings is 2. The fraction of sp³-hybridized carbons (Fsp3) is 0.238. The van der Waals surface area contributed by atoms with Crippen LogP contribution < -0.4 is 10.1 Å². The van der Waals surface area contributed by atoms with Crippen LogP contribution in [0, 0.1) is 0 Å². The highest BCUT2D eigenvalue weighted by Gasteiger charge is 2.15. The van der Waals surface area contributed by atoms with Crippen LogP contribution in [-0.2, 0) is 11.2 Å². The van der Waals surface area contributed by atoms with Gasteiger partial charge in [-0.05, 0) is 30.2 Å². The number of thiazole rings is 1.